The molecule has 1 aromatic heterocycles. The molecule has 1 aliphatic rings. The molecule has 2 unspecified atom stereocenters. The van der Waals surface area contributed by atoms with E-state index in [-0.39, 0.29) is 17.4 Å². The summed E-state index contributed by atoms with van der Waals surface area (Å²) in [4.78, 5) is 0.814. The lowest BCUT2D eigenvalue weighted by Crippen LogP contribution is -2.08. The van der Waals surface area contributed by atoms with Crippen molar-refractivity contribution in [2.45, 2.75) is 18.9 Å². The fourth-order valence-electron chi connectivity index (χ4n) is 2.00. The maximum atomic E-state index is 11.3. The van der Waals surface area contributed by atoms with E-state index in [1.807, 2.05) is 0 Å². The van der Waals surface area contributed by atoms with E-state index in [2.05, 4.69) is 0 Å². The van der Waals surface area contributed by atoms with Crippen LogP contribution < -0.4 is 0 Å². The average molecular weight is 281 g/mol. The molecule has 0 saturated carbocycles. The van der Waals surface area contributed by atoms with Crippen molar-refractivity contribution < 1.29 is 13.5 Å². The minimum atomic E-state index is -2.85. The molecule has 0 spiro atoms. The van der Waals surface area contributed by atoms with Gasteiger partial charge in [-0.3, -0.25) is 0 Å². The predicted molar refractivity (Wildman–Crippen MR) is 65.7 cm³/mol. The van der Waals surface area contributed by atoms with Crippen molar-refractivity contribution in [2.75, 3.05) is 11.5 Å². The van der Waals surface area contributed by atoms with Crippen LogP contribution in [0.2, 0.25) is 4.34 Å². The van der Waals surface area contributed by atoms with Crippen molar-refractivity contribution in [2.24, 2.45) is 5.92 Å². The number of thiophene rings is 1. The zero-order valence-electron chi connectivity index (χ0n) is 8.60. The topological polar surface area (TPSA) is 54.4 Å². The molecule has 1 fully saturated rings. The van der Waals surface area contributed by atoms with Crippen molar-refractivity contribution in [3.8, 4) is 0 Å². The summed E-state index contributed by atoms with van der Waals surface area (Å²) in [5, 5.41) is 9.92. The van der Waals surface area contributed by atoms with Gasteiger partial charge in [0.15, 0.2) is 9.84 Å². The van der Waals surface area contributed by atoms with Gasteiger partial charge in [-0.25, -0.2) is 8.42 Å². The van der Waals surface area contributed by atoms with Gasteiger partial charge in [0, 0.05) is 4.88 Å². The summed E-state index contributed by atoms with van der Waals surface area (Å²) in [5.41, 5.74) is 0. The second kappa shape index (κ2) is 4.64. The van der Waals surface area contributed by atoms with Gasteiger partial charge < -0.3 is 5.11 Å². The van der Waals surface area contributed by atoms with E-state index in [4.69, 9.17) is 11.6 Å². The first-order valence-electron chi connectivity index (χ1n) is 5.10. The van der Waals surface area contributed by atoms with Gasteiger partial charge in [-0.1, -0.05) is 11.6 Å². The normalized spacial score (nSPS) is 25.8. The third kappa shape index (κ3) is 2.97. The molecule has 3 nitrogen and oxygen atoms in total. The minimum absolute atomic E-state index is 0.0841. The molecular formula is C10H13ClO3S2. The Hall–Kier alpha value is -0.100. The largest absolute Gasteiger partial charge is 0.388 e. The molecular weight excluding hydrogens is 268 g/mol. The van der Waals surface area contributed by atoms with Gasteiger partial charge in [0.05, 0.1) is 21.9 Å². The summed E-state index contributed by atoms with van der Waals surface area (Å²) in [6, 6.07) is 3.54. The summed E-state index contributed by atoms with van der Waals surface area (Å²) < 4.78 is 23.2. The standard InChI is InChI=1S/C10H13ClO3S2/c11-10-2-1-9(15-10)8(12)5-7-3-4-16(13,14)6-7/h1-2,7-8,12H,3-6H2. The van der Waals surface area contributed by atoms with Gasteiger partial charge in [0.25, 0.3) is 0 Å². The number of aliphatic hydroxyl groups excluding tert-OH is 1. The van der Waals surface area contributed by atoms with Gasteiger partial charge in [-0.05, 0) is 30.9 Å². The first kappa shape index (κ1) is 12.4. The van der Waals surface area contributed by atoms with Crippen molar-refractivity contribution in [3.05, 3.63) is 21.3 Å². The SMILES string of the molecule is O=S1(=O)CCC(CC(O)c2ccc(Cl)s2)C1. The van der Waals surface area contributed by atoms with Crippen molar-refractivity contribution in [1.82, 2.24) is 0 Å². The minimum Gasteiger partial charge on any atom is -0.388 e. The monoisotopic (exact) mass is 280 g/mol. The second-order valence-electron chi connectivity index (χ2n) is 4.16. The second-order valence-corrected chi connectivity index (χ2v) is 8.14. The molecule has 0 amide bonds. The van der Waals surface area contributed by atoms with Crippen LogP contribution in [0.4, 0.5) is 0 Å². The van der Waals surface area contributed by atoms with E-state index in [9.17, 15) is 13.5 Å². The zero-order chi connectivity index (χ0) is 11.8. The van der Waals surface area contributed by atoms with Gasteiger partial charge in [-0.2, -0.15) is 0 Å². The van der Waals surface area contributed by atoms with Crippen LogP contribution in [-0.4, -0.2) is 25.0 Å². The molecule has 16 heavy (non-hydrogen) atoms. The molecule has 0 aliphatic carbocycles. The molecule has 90 valence electrons. The van der Waals surface area contributed by atoms with E-state index in [0.717, 1.165) is 4.88 Å². The Kier molecular flexibility index (Phi) is 3.59. The number of rotatable bonds is 3. The van der Waals surface area contributed by atoms with E-state index in [1.165, 1.54) is 11.3 Å². The lowest BCUT2D eigenvalue weighted by Gasteiger charge is -2.12. The van der Waals surface area contributed by atoms with Crippen LogP contribution in [0.15, 0.2) is 12.1 Å². The van der Waals surface area contributed by atoms with Gasteiger partial charge >= 0.3 is 0 Å². The zero-order valence-corrected chi connectivity index (χ0v) is 11.0. The van der Waals surface area contributed by atoms with Gasteiger partial charge in [-0.15, -0.1) is 11.3 Å². The third-order valence-corrected chi connectivity index (χ3v) is 5.98. The lowest BCUT2D eigenvalue weighted by atomic mass is 10.0. The lowest BCUT2D eigenvalue weighted by molar-refractivity contribution is 0.152. The van der Waals surface area contributed by atoms with E-state index < -0.39 is 15.9 Å². The highest BCUT2D eigenvalue weighted by Crippen LogP contribution is 2.33. The molecule has 6 heteroatoms. The first-order valence-corrected chi connectivity index (χ1v) is 8.11. The van der Waals surface area contributed by atoms with Crippen LogP contribution in [0.3, 0.4) is 0 Å². The molecule has 0 bridgehead atoms. The van der Waals surface area contributed by atoms with Crippen molar-refractivity contribution >= 4 is 32.8 Å². The Morgan fingerprint density at radius 2 is 2.31 bits per heavy atom. The smallest absolute Gasteiger partial charge is 0.150 e. The maximum absolute atomic E-state index is 11.3. The molecule has 1 aromatic rings. The number of hydrogen-bond donors (Lipinski definition) is 1. The van der Waals surface area contributed by atoms with Crippen LogP contribution >= 0.6 is 22.9 Å². The summed E-state index contributed by atoms with van der Waals surface area (Å²) in [7, 11) is -2.85. The highest BCUT2D eigenvalue weighted by molar-refractivity contribution is 7.91. The molecule has 1 saturated heterocycles. The predicted octanol–water partition coefficient (Wildman–Crippen LogP) is 2.26. The first-order chi connectivity index (χ1) is 7.46. The highest BCUT2D eigenvalue weighted by atomic mass is 35.5. The van der Waals surface area contributed by atoms with E-state index in [1.54, 1.807) is 12.1 Å². The Labute approximate surface area is 104 Å². The van der Waals surface area contributed by atoms with Crippen LogP contribution in [-0.2, 0) is 9.84 Å². The third-order valence-electron chi connectivity index (χ3n) is 2.81. The Morgan fingerprint density at radius 1 is 1.56 bits per heavy atom. The number of sulfone groups is 1. The Morgan fingerprint density at radius 3 is 2.81 bits per heavy atom. The molecule has 1 N–H and O–H groups in total. The quantitative estimate of drug-likeness (QED) is 0.924. The molecule has 1 aliphatic heterocycles. The van der Waals surface area contributed by atoms with Crippen LogP contribution in [0.5, 0.6) is 0 Å². The van der Waals surface area contributed by atoms with Gasteiger partial charge in [0.2, 0.25) is 0 Å². The fourth-order valence-corrected chi connectivity index (χ4v) is 4.94. The summed E-state index contributed by atoms with van der Waals surface area (Å²) in [5.74, 6) is 0.555. The Balaban J connectivity index is 1.96. The van der Waals surface area contributed by atoms with E-state index in [0.29, 0.717) is 17.2 Å². The maximum Gasteiger partial charge on any atom is 0.150 e. The summed E-state index contributed by atoms with van der Waals surface area (Å²) in [6.07, 6.45) is 0.588. The van der Waals surface area contributed by atoms with Crippen LogP contribution in [0, 0.1) is 5.92 Å². The highest BCUT2D eigenvalue weighted by Gasteiger charge is 2.29. The summed E-state index contributed by atoms with van der Waals surface area (Å²) >= 11 is 7.12. The molecule has 0 radical (unpaired) electrons. The fraction of sp³-hybridized carbons (Fsp3) is 0.600. The van der Waals surface area contributed by atoms with Gasteiger partial charge in [0.1, 0.15) is 0 Å². The van der Waals surface area contributed by atoms with Crippen LogP contribution in [0.25, 0.3) is 0 Å². The number of halogens is 1. The average Bonchev–Trinajstić information content (AvgIpc) is 2.73. The molecule has 2 rings (SSSR count). The summed E-state index contributed by atoms with van der Waals surface area (Å²) in [6.45, 7) is 0. The Bertz CT molecular complexity index is 466. The molecule has 2 heterocycles. The molecule has 2 atom stereocenters. The van der Waals surface area contributed by atoms with E-state index >= 15 is 0 Å². The van der Waals surface area contributed by atoms with Crippen molar-refractivity contribution in [3.63, 3.8) is 0 Å². The molecule has 0 aromatic carbocycles. The number of hydrogen-bond acceptors (Lipinski definition) is 4. The van der Waals surface area contributed by atoms with Crippen LogP contribution in [0.1, 0.15) is 23.8 Å². The number of aliphatic hydroxyl groups is 1. The van der Waals surface area contributed by atoms with Crippen molar-refractivity contribution in [1.29, 1.82) is 0 Å².